The number of para-hydroxylation sites is 1. The number of nitrogens with one attached hydrogen (secondary N) is 2. The quantitative estimate of drug-likeness (QED) is 0.600. The Labute approximate surface area is 126 Å². The molecule has 20 heavy (non-hydrogen) atoms. The summed E-state index contributed by atoms with van der Waals surface area (Å²) in [5.74, 6) is 5.00. The zero-order valence-corrected chi connectivity index (χ0v) is 12.1. The molecule has 0 spiro atoms. The van der Waals surface area contributed by atoms with Crippen LogP contribution < -0.4 is 16.6 Å². The maximum absolute atomic E-state index is 12.2. The van der Waals surface area contributed by atoms with Gasteiger partial charge >= 0.3 is 0 Å². The molecule has 1 aromatic heterocycles. The van der Waals surface area contributed by atoms with Crippen molar-refractivity contribution in [2.45, 2.75) is 6.92 Å². The lowest BCUT2D eigenvalue weighted by molar-refractivity contribution is 0.102. The van der Waals surface area contributed by atoms with Crippen LogP contribution in [0.5, 0.6) is 0 Å². The van der Waals surface area contributed by atoms with Crippen molar-refractivity contribution in [2.75, 3.05) is 10.7 Å². The van der Waals surface area contributed by atoms with Gasteiger partial charge in [-0.25, -0.2) is 0 Å². The molecule has 5 nitrogen and oxygen atoms in total. The molecule has 0 aliphatic heterocycles. The zero-order valence-electron chi connectivity index (χ0n) is 10.6. The Morgan fingerprint density at radius 1 is 1.30 bits per heavy atom. The molecule has 0 saturated heterocycles. The third-order valence-electron chi connectivity index (χ3n) is 2.64. The second-order valence-electron chi connectivity index (χ2n) is 4.07. The van der Waals surface area contributed by atoms with E-state index in [4.69, 9.17) is 29.0 Å². The Hall–Kier alpha value is -1.82. The van der Waals surface area contributed by atoms with Gasteiger partial charge in [-0.2, -0.15) is 0 Å². The first-order valence-electron chi connectivity index (χ1n) is 5.71. The number of nitrogen functional groups attached to an aromatic ring is 1. The molecule has 0 aliphatic rings. The summed E-state index contributed by atoms with van der Waals surface area (Å²) < 4.78 is 0. The summed E-state index contributed by atoms with van der Waals surface area (Å²) in [6.07, 6.45) is 1.44. The van der Waals surface area contributed by atoms with E-state index in [2.05, 4.69) is 15.7 Å². The summed E-state index contributed by atoms with van der Waals surface area (Å²) in [7, 11) is 0. The maximum atomic E-state index is 12.2. The fourth-order valence-corrected chi connectivity index (χ4v) is 2.15. The standard InChI is InChI=1S/C13H12Cl2N4O/c1-7-5-11(19-16)8(6-17-7)13(20)18-12-9(14)3-2-4-10(12)15/h2-6H,16H2,1H3,(H,17,19)(H,18,20). The lowest BCUT2D eigenvalue weighted by Crippen LogP contribution is -2.18. The lowest BCUT2D eigenvalue weighted by atomic mass is 10.2. The fourth-order valence-electron chi connectivity index (χ4n) is 1.66. The smallest absolute Gasteiger partial charge is 0.259 e. The Kier molecular flexibility index (Phi) is 4.44. The molecular formula is C13H12Cl2N4O. The Morgan fingerprint density at radius 3 is 2.55 bits per heavy atom. The monoisotopic (exact) mass is 310 g/mol. The van der Waals surface area contributed by atoms with Gasteiger partial charge in [0.15, 0.2) is 0 Å². The number of carbonyl (C=O) groups is 1. The van der Waals surface area contributed by atoms with Gasteiger partial charge in [0.2, 0.25) is 0 Å². The van der Waals surface area contributed by atoms with Gasteiger partial charge in [-0.1, -0.05) is 29.3 Å². The largest absolute Gasteiger partial charge is 0.323 e. The van der Waals surface area contributed by atoms with Crippen molar-refractivity contribution in [2.24, 2.45) is 5.84 Å². The number of hydrogen-bond acceptors (Lipinski definition) is 4. The number of amides is 1. The van der Waals surface area contributed by atoms with Crippen molar-refractivity contribution in [3.05, 3.63) is 51.8 Å². The third-order valence-corrected chi connectivity index (χ3v) is 3.27. The average molecular weight is 311 g/mol. The van der Waals surface area contributed by atoms with E-state index in [1.807, 2.05) is 0 Å². The van der Waals surface area contributed by atoms with E-state index in [9.17, 15) is 4.79 Å². The molecule has 0 aliphatic carbocycles. The molecule has 0 radical (unpaired) electrons. The number of carbonyl (C=O) groups excluding carboxylic acids is 1. The molecule has 4 N–H and O–H groups in total. The minimum Gasteiger partial charge on any atom is -0.323 e. The summed E-state index contributed by atoms with van der Waals surface area (Å²) in [5.41, 5.74) is 4.33. The highest BCUT2D eigenvalue weighted by molar-refractivity contribution is 6.40. The van der Waals surface area contributed by atoms with E-state index in [0.29, 0.717) is 27.0 Å². The number of pyridine rings is 1. The molecule has 0 bridgehead atoms. The van der Waals surface area contributed by atoms with E-state index in [0.717, 1.165) is 5.69 Å². The van der Waals surface area contributed by atoms with Crippen molar-refractivity contribution in [3.8, 4) is 0 Å². The van der Waals surface area contributed by atoms with E-state index >= 15 is 0 Å². The second kappa shape index (κ2) is 6.09. The fraction of sp³-hybridized carbons (Fsp3) is 0.0769. The highest BCUT2D eigenvalue weighted by Gasteiger charge is 2.15. The molecule has 0 saturated carbocycles. The first-order chi connectivity index (χ1) is 9.52. The molecule has 0 unspecified atom stereocenters. The minimum atomic E-state index is -0.402. The van der Waals surface area contributed by atoms with Gasteiger partial charge in [0, 0.05) is 11.9 Å². The van der Waals surface area contributed by atoms with Crippen molar-refractivity contribution in [1.29, 1.82) is 0 Å². The van der Waals surface area contributed by atoms with Crippen LogP contribution in [-0.4, -0.2) is 10.9 Å². The van der Waals surface area contributed by atoms with Gasteiger partial charge in [-0.05, 0) is 25.1 Å². The zero-order chi connectivity index (χ0) is 14.7. The number of benzene rings is 1. The van der Waals surface area contributed by atoms with Crippen molar-refractivity contribution < 1.29 is 4.79 Å². The summed E-state index contributed by atoms with van der Waals surface area (Å²) in [5, 5.41) is 3.36. The van der Waals surface area contributed by atoms with E-state index in [1.165, 1.54) is 6.20 Å². The van der Waals surface area contributed by atoms with Crippen LogP contribution >= 0.6 is 23.2 Å². The molecule has 104 valence electrons. The van der Waals surface area contributed by atoms with Crippen molar-refractivity contribution >= 4 is 40.5 Å². The van der Waals surface area contributed by atoms with Gasteiger partial charge < -0.3 is 10.7 Å². The summed E-state index contributed by atoms with van der Waals surface area (Å²) >= 11 is 12.0. The molecule has 0 fully saturated rings. The summed E-state index contributed by atoms with van der Waals surface area (Å²) in [6.45, 7) is 1.80. The van der Waals surface area contributed by atoms with Crippen molar-refractivity contribution in [3.63, 3.8) is 0 Å². The number of aromatic nitrogens is 1. The number of rotatable bonds is 3. The van der Waals surface area contributed by atoms with Gasteiger partial charge in [-0.15, -0.1) is 0 Å². The Bertz CT molecular complexity index is 641. The Morgan fingerprint density at radius 2 is 1.95 bits per heavy atom. The number of nitrogens with zero attached hydrogens (tertiary/aromatic N) is 1. The molecule has 7 heteroatoms. The van der Waals surface area contributed by atoms with Gasteiger partial charge in [-0.3, -0.25) is 15.6 Å². The van der Waals surface area contributed by atoms with Crippen LogP contribution in [0.15, 0.2) is 30.5 Å². The van der Waals surface area contributed by atoms with Gasteiger partial charge in [0.05, 0.1) is 27.0 Å². The molecule has 1 heterocycles. The number of halogens is 2. The average Bonchev–Trinajstić information content (AvgIpc) is 2.42. The van der Waals surface area contributed by atoms with E-state index < -0.39 is 5.91 Å². The van der Waals surface area contributed by atoms with Crippen LogP contribution in [0.25, 0.3) is 0 Å². The van der Waals surface area contributed by atoms with Crippen LogP contribution in [0.1, 0.15) is 16.1 Å². The maximum Gasteiger partial charge on any atom is 0.259 e. The number of hydrogen-bond donors (Lipinski definition) is 3. The molecule has 2 rings (SSSR count). The SMILES string of the molecule is Cc1cc(NN)c(C(=O)Nc2c(Cl)cccc2Cl)cn1. The Balaban J connectivity index is 2.33. The van der Waals surface area contributed by atoms with Gasteiger partial charge in [0.25, 0.3) is 5.91 Å². The predicted molar refractivity (Wildman–Crippen MR) is 81.2 cm³/mol. The number of aryl methyl sites for hydroxylation is 1. The van der Waals surface area contributed by atoms with Crippen molar-refractivity contribution in [1.82, 2.24) is 4.98 Å². The minimum absolute atomic E-state index is 0.300. The summed E-state index contributed by atoms with van der Waals surface area (Å²) in [6, 6.07) is 6.64. The molecule has 2 aromatic rings. The van der Waals surface area contributed by atoms with Gasteiger partial charge in [0.1, 0.15) is 0 Å². The lowest BCUT2D eigenvalue weighted by Gasteiger charge is -2.12. The predicted octanol–water partition coefficient (Wildman–Crippen LogP) is 3.23. The molecule has 0 atom stereocenters. The van der Waals surface area contributed by atoms with Crippen LogP contribution in [0.3, 0.4) is 0 Å². The van der Waals surface area contributed by atoms with E-state index in [1.54, 1.807) is 31.2 Å². The molecule has 1 aromatic carbocycles. The van der Waals surface area contributed by atoms with Crippen LogP contribution in [-0.2, 0) is 0 Å². The first kappa shape index (κ1) is 14.6. The van der Waals surface area contributed by atoms with Crippen LogP contribution in [0.4, 0.5) is 11.4 Å². The number of nitrogens with two attached hydrogens (primary N) is 1. The normalized spacial score (nSPS) is 10.2. The topological polar surface area (TPSA) is 80.0 Å². The molecule has 1 amide bonds. The number of hydrazine groups is 1. The first-order valence-corrected chi connectivity index (χ1v) is 6.47. The van der Waals surface area contributed by atoms with E-state index in [-0.39, 0.29) is 0 Å². The van der Waals surface area contributed by atoms with Crippen LogP contribution in [0, 0.1) is 6.92 Å². The third kappa shape index (κ3) is 3.01. The number of anilines is 2. The highest BCUT2D eigenvalue weighted by Crippen LogP contribution is 2.30. The second-order valence-corrected chi connectivity index (χ2v) is 4.88. The summed E-state index contributed by atoms with van der Waals surface area (Å²) in [4.78, 5) is 16.3. The van der Waals surface area contributed by atoms with Crippen LogP contribution in [0.2, 0.25) is 10.0 Å². The highest BCUT2D eigenvalue weighted by atomic mass is 35.5. The molecular weight excluding hydrogens is 299 g/mol.